The summed E-state index contributed by atoms with van der Waals surface area (Å²) in [6.45, 7) is 6.82. The summed E-state index contributed by atoms with van der Waals surface area (Å²) < 4.78 is 0. The van der Waals surface area contributed by atoms with E-state index in [1.54, 1.807) is 0 Å². The van der Waals surface area contributed by atoms with Gasteiger partial charge >= 0.3 is 0 Å². The average Bonchev–Trinajstić information content (AvgIpc) is 2.08. The second-order valence-electron chi connectivity index (χ2n) is 2.98. The van der Waals surface area contributed by atoms with E-state index in [1.165, 1.54) is 24.3 Å². The molecule has 0 N–H and O–H groups in total. The van der Waals surface area contributed by atoms with Crippen LogP contribution in [0.5, 0.6) is 0 Å². The Morgan fingerprint density at radius 3 is 2.00 bits per heavy atom. The van der Waals surface area contributed by atoms with Crippen LogP contribution in [0.25, 0.3) is 0 Å². The molecule has 0 saturated heterocycles. The van der Waals surface area contributed by atoms with Gasteiger partial charge in [-0.05, 0) is 29.8 Å². The van der Waals surface area contributed by atoms with Gasteiger partial charge in [-0.1, -0.05) is 36.7 Å². The molecule has 11 heavy (non-hydrogen) atoms. The summed E-state index contributed by atoms with van der Waals surface area (Å²) in [5, 5.41) is 1.15. The highest BCUT2D eigenvalue weighted by Gasteiger charge is 2.23. The summed E-state index contributed by atoms with van der Waals surface area (Å²) in [4.78, 5) is 0. The normalized spacial score (nSPS) is 12.0. The first-order valence-electron chi connectivity index (χ1n) is 4.38. The van der Waals surface area contributed by atoms with Crippen molar-refractivity contribution in [2.75, 3.05) is 16.8 Å². The van der Waals surface area contributed by atoms with E-state index >= 15 is 0 Å². The van der Waals surface area contributed by atoms with Crippen molar-refractivity contribution >= 4 is 27.7 Å². The van der Waals surface area contributed by atoms with Crippen molar-refractivity contribution in [2.24, 2.45) is 5.41 Å². The van der Waals surface area contributed by atoms with E-state index in [4.69, 9.17) is 0 Å². The zero-order chi connectivity index (χ0) is 8.74. The maximum absolute atomic E-state index is 3.61. The molecule has 0 spiro atoms. The van der Waals surface area contributed by atoms with Gasteiger partial charge in [-0.25, -0.2) is 0 Å². The molecule has 0 bridgehead atoms. The topological polar surface area (TPSA) is 0 Å². The minimum Gasteiger partial charge on any atom is -0.162 e. The zero-order valence-electron chi connectivity index (χ0n) is 7.82. The van der Waals surface area contributed by atoms with E-state index in [-0.39, 0.29) is 0 Å². The average molecular weight is 239 g/mol. The monoisotopic (exact) mass is 238 g/mol. The van der Waals surface area contributed by atoms with Crippen molar-refractivity contribution in [3.8, 4) is 0 Å². The Bertz CT molecular complexity index is 81.3. The molecule has 68 valence electrons. The minimum atomic E-state index is 0.556. The van der Waals surface area contributed by atoms with Crippen LogP contribution in [-0.4, -0.2) is 16.8 Å². The predicted octanol–water partition coefficient (Wildman–Crippen LogP) is 3.94. The lowest BCUT2D eigenvalue weighted by molar-refractivity contribution is 0.359. The third-order valence-electron chi connectivity index (χ3n) is 2.40. The molecular weight excluding hydrogens is 220 g/mol. The number of hydrogen-bond acceptors (Lipinski definition) is 1. The largest absolute Gasteiger partial charge is 0.162 e. The lowest BCUT2D eigenvalue weighted by atomic mass is 9.87. The first kappa shape index (κ1) is 11.8. The van der Waals surface area contributed by atoms with Gasteiger partial charge in [0, 0.05) is 5.33 Å². The molecule has 2 heteroatoms. The van der Waals surface area contributed by atoms with Crippen LogP contribution in [0.3, 0.4) is 0 Å². The molecule has 0 heterocycles. The molecule has 0 amide bonds. The highest BCUT2D eigenvalue weighted by Crippen LogP contribution is 2.32. The smallest absolute Gasteiger partial charge is 0.00956 e. The lowest BCUT2D eigenvalue weighted by Crippen LogP contribution is -2.23. The van der Waals surface area contributed by atoms with E-state index in [0.717, 1.165) is 5.33 Å². The highest BCUT2D eigenvalue weighted by molar-refractivity contribution is 9.09. The quantitative estimate of drug-likeness (QED) is 0.632. The van der Waals surface area contributed by atoms with Gasteiger partial charge in [0.25, 0.3) is 0 Å². The Morgan fingerprint density at radius 2 is 1.73 bits per heavy atom. The van der Waals surface area contributed by atoms with Gasteiger partial charge in [0.15, 0.2) is 0 Å². The Morgan fingerprint density at radius 1 is 1.18 bits per heavy atom. The molecule has 0 nitrogen and oxygen atoms in total. The molecule has 0 saturated carbocycles. The van der Waals surface area contributed by atoms with Crippen molar-refractivity contribution in [3.05, 3.63) is 0 Å². The SMILES string of the molecule is CCSCC(CC)(CC)CBr. The molecule has 0 aromatic carbocycles. The summed E-state index contributed by atoms with van der Waals surface area (Å²) >= 11 is 5.67. The molecule has 0 aromatic heterocycles. The van der Waals surface area contributed by atoms with Gasteiger partial charge in [-0.2, -0.15) is 11.8 Å². The summed E-state index contributed by atoms with van der Waals surface area (Å²) in [5.74, 6) is 2.55. The lowest BCUT2D eigenvalue weighted by Gasteiger charge is -2.28. The van der Waals surface area contributed by atoms with Gasteiger partial charge in [0.2, 0.25) is 0 Å². The molecule has 0 fully saturated rings. The summed E-state index contributed by atoms with van der Waals surface area (Å²) in [5.41, 5.74) is 0.556. The van der Waals surface area contributed by atoms with E-state index < -0.39 is 0 Å². The molecule has 0 aliphatic carbocycles. The first-order chi connectivity index (χ1) is 5.24. The number of thioether (sulfide) groups is 1. The van der Waals surface area contributed by atoms with Crippen LogP contribution >= 0.6 is 27.7 Å². The number of halogens is 1. The van der Waals surface area contributed by atoms with Crippen molar-refractivity contribution in [1.29, 1.82) is 0 Å². The van der Waals surface area contributed by atoms with Crippen molar-refractivity contribution in [1.82, 2.24) is 0 Å². The number of rotatable bonds is 6. The number of alkyl halides is 1. The Kier molecular flexibility index (Phi) is 6.84. The van der Waals surface area contributed by atoms with Gasteiger partial charge in [-0.3, -0.25) is 0 Å². The minimum absolute atomic E-state index is 0.556. The van der Waals surface area contributed by atoms with E-state index in [2.05, 4.69) is 48.5 Å². The van der Waals surface area contributed by atoms with Crippen molar-refractivity contribution in [3.63, 3.8) is 0 Å². The Labute approximate surface area is 83.6 Å². The summed E-state index contributed by atoms with van der Waals surface area (Å²) in [7, 11) is 0. The molecule has 0 radical (unpaired) electrons. The van der Waals surface area contributed by atoms with Crippen LogP contribution in [0.15, 0.2) is 0 Å². The Hall–Kier alpha value is 0.830. The summed E-state index contributed by atoms with van der Waals surface area (Å²) in [6, 6.07) is 0. The molecule has 0 rings (SSSR count). The van der Waals surface area contributed by atoms with Crippen LogP contribution in [0.1, 0.15) is 33.6 Å². The third-order valence-corrected chi connectivity index (χ3v) is 4.81. The molecule has 0 aromatic rings. The molecule has 0 aliphatic rings. The molecule has 0 atom stereocenters. The van der Waals surface area contributed by atoms with Crippen LogP contribution in [0.2, 0.25) is 0 Å². The first-order valence-corrected chi connectivity index (χ1v) is 6.66. The maximum atomic E-state index is 3.61. The molecular formula is C9H19BrS. The van der Waals surface area contributed by atoms with Crippen LogP contribution < -0.4 is 0 Å². The standard InChI is InChI=1S/C9H19BrS/c1-4-9(5-2,7-10)8-11-6-3/h4-8H2,1-3H3. The fraction of sp³-hybridized carbons (Fsp3) is 1.00. The van der Waals surface area contributed by atoms with E-state index in [9.17, 15) is 0 Å². The molecule has 0 unspecified atom stereocenters. The van der Waals surface area contributed by atoms with Crippen molar-refractivity contribution < 1.29 is 0 Å². The van der Waals surface area contributed by atoms with Gasteiger partial charge in [-0.15, -0.1) is 0 Å². The van der Waals surface area contributed by atoms with Gasteiger partial charge < -0.3 is 0 Å². The third kappa shape index (κ3) is 3.84. The number of hydrogen-bond donors (Lipinski definition) is 0. The van der Waals surface area contributed by atoms with Crippen LogP contribution in [-0.2, 0) is 0 Å². The molecule has 0 aliphatic heterocycles. The maximum Gasteiger partial charge on any atom is 0.00956 e. The predicted molar refractivity (Wildman–Crippen MR) is 59.8 cm³/mol. The van der Waals surface area contributed by atoms with Gasteiger partial charge in [0.1, 0.15) is 0 Å². The van der Waals surface area contributed by atoms with Crippen LogP contribution in [0, 0.1) is 5.41 Å². The second-order valence-corrected chi connectivity index (χ2v) is 4.81. The zero-order valence-corrected chi connectivity index (χ0v) is 10.2. The fourth-order valence-corrected chi connectivity index (χ4v) is 3.40. The Balaban J connectivity index is 3.84. The van der Waals surface area contributed by atoms with E-state index in [1.807, 2.05) is 0 Å². The van der Waals surface area contributed by atoms with Crippen molar-refractivity contribution in [2.45, 2.75) is 33.6 Å². The summed E-state index contributed by atoms with van der Waals surface area (Å²) in [6.07, 6.45) is 2.59. The van der Waals surface area contributed by atoms with Crippen LogP contribution in [0.4, 0.5) is 0 Å². The van der Waals surface area contributed by atoms with Gasteiger partial charge in [0.05, 0.1) is 0 Å². The second kappa shape index (κ2) is 6.36. The van der Waals surface area contributed by atoms with E-state index in [0.29, 0.717) is 5.41 Å². The fourth-order valence-electron chi connectivity index (χ4n) is 1.00. The highest BCUT2D eigenvalue weighted by atomic mass is 79.9.